The quantitative estimate of drug-likeness (QED) is 0.562. The van der Waals surface area contributed by atoms with Crippen molar-refractivity contribution in [3.63, 3.8) is 0 Å². The van der Waals surface area contributed by atoms with Gasteiger partial charge in [0.15, 0.2) is 0 Å². The first-order chi connectivity index (χ1) is 11.0. The molecule has 0 atom stereocenters. The summed E-state index contributed by atoms with van der Waals surface area (Å²) in [5, 5.41) is 5.90. The summed E-state index contributed by atoms with van der Waals surface area (Å²) < 4.78 is 4.78. The molecule has 0 aliphatic heterocycles. The molecule has 0 spiro atoms. The topological polar surface area (TPSA) is 84.5 Å². The Morgan fingerprint density at radius 1 is 1.17 bits per heavy atom. The molecule has 0 radical (unpaired) electrons. The van der Waals surface area contributed by atoms with Crippen LogP contribution in [-0.4, -0.2) is 31.4 Å². The molecule has 0 unspecified atom stereocenters. The standard InChI is InChI=1S/C16H24N2O4S/c1-5-7-9-17-14(20)13-10(3)12(16(21)22-4)15(23-13)18-11(19)8-6-2/h5-9H2,1-4H3,(H,17,20)(H,18,19). The molecule has 1 rings (SSSR count). The van der Waals surface area contributed by atoms with Crippen LogP contribution >= 0.6 is 11.3 Å². The Morgan fingerprint density at radius 2 is 1.87 bits per heavy atom. The van der Waals surface area contributed by atoms with E-state index < -0.39 is 5.97 Å². The van der Waals surface area contributed by atoms with Crippen LogP contribution in [0.2, 0.25) is 0 Å². The van der Waals surface area contributed by atoms with E-state index in [1.54, 1.807) is 6.92 Å². The molecular weight excluding hydrogens is 316 g/mol. The molecule has 7 heteroatoms. The predicted octanol–water partition coefficient (Wildman–Crippen LogP) is 3.11. The first kappa shape index (κ1) is 19.2. The lowest BCUT2D eigenvalue weighted by Crippen LogP contribution is -2.24. The van der Waals surface area contributed by atoms with Crippen molar-refractivity contribution in [2.45, 2.75) is 46.5 Å². The molecule has 6 nitrogen and oxygen atoms in total. The number of anilines is 1. The Kier molecular flexibility index (Phi) is 7.74. The van der Waals surface area contributed by atoms with Crippen LogP contribution in [-0.2, 0) is 9.53 Å². The number of amides is 2. The van der Waals surface area contributed by atoms with Crippen molar-refractivity contribution in [3.05, 3.63) is 16.0 Å². The molecule has 2 amide bonds. The molecule has 1 heterocycles. The highest BCUT2D eigenvalue weighted by Gasteiger charge is 2.25. The van der Waals surface area contributed by atoms with E-state index in [0.717, 1.165) is 24.2 Å². The summed E-state index contributed by atoms with van der Waals surface area (Å²) in [6.45, 7) is 6.21. The third-order valence-corrected chi connectivity index (χ3v) is 4.49. The highest BCUT2D eigenvalue weighted by molar-refractivity contribution is 7.18. The first-order valence-electron chi connectivity index (χ1n) is 7.75. The number of carbonyl (C=O) groups excluding carboxylic acids is 3. The highest BCUT2D eigenvalue weighted by Crippen LogP contribution is 2.33. The van der Waals surface area contributed by atoms with E-state index in [2.05, 4.69) is 10.6 Å². The Morgan fingerprint density at radius 3 is 2.43 bits per heavy atom. The van der Waals surface area contributed by atoms with Crippen molar-refractivity contribution in [3.8, 4) is 0 Å². The van der Waals surface area contributed by atoms with Gasteiger partial charge in [-0.2, -0.15) is 0 Å². The normalized spacial score (nSPS) is 10.3. The lowest BCUT2D eigenvalue weighted by molar-refractivity contribution is -0.116. The van der Waals surface area contributed by atoms with Crippen LogP contribution < -0.4 is 10.6 Å². The Balaban J connectivity index is 3.08. The van der Waals surface area contributed by atoms with Crippen LogP contribution in [0.25, 0.3) is 0 Å². The fourth-order valence-electron chi connectivity index (χ4n) is 2.04. The van der Waals surface area contributed by atoms with E-state index in [1.165, 1.54) is 7.11 Å². The molecular formula is C16H24N2O4S. The van der Waals surface area contributed by atoms with Crippen molar-refractivity contribution in [1.82, 2.24) is 5.32 Å². The van der Waals surface area contributed by atoms with E-state index in [-0.39, 0.29) is 17.4 Å². The van der Waals surface area contributed by atoms with E-state index in [4.69, 9.17) is 4.74 Å². The SMILES string of the molecule is CCCCNC(=O)c1sc(NC(=O)CCC)c(C(=O)OC)c1C. The van der Waals surface area contributed by atoms with Crippen molar-refractivity contribution in [2.24, 2.45) is 0 Å². The van der Waals surface area contributed by atoms with Crippen molar-refractivity contribution < 1.29 is 19.1 Å². The van der Waals surface area contributed by atoms with Crippen LogP contribution in [0.5, 0.6) is 0 Å². The summed E-state index contributed by atoms with van der Waals surface area (Å²) in [6.07, 6.45) is 2.93. The van der Waals surface area contributed by atoms with Gasteiger partial charge in [-0.3, -0.25) is 9.59 Å². The van der Waals surface area contributed by atoms with Gasteiger partial charge in [0.2, 0.25) is 5.91 Å². The summed E-state index contributed by atoms with van der Waals surface area (Å²) >= 11 is 1.11. The number of hydrogen-bond acceptors (Lipinski definition) is 5. The smallest absolute Gasteiger partial charge is 0.341 e. The van der Waals surface area contributed by atoms with Gasteiger partial charge in [0.1, 0.15) is 5.00 Å². The molecule has 0 fully saturated rings. The zero-order chi connectivity index (χ0) is 17.4. The summed E-state index contributed by atoms with van der Waals surface area (Å²) in [5.41, 5.74) is 0.783. The van der Waals surface area contributed by atoms with Crippen molar-refractivity contribution in [1.29, 1.82) is 0 Å². The van der Waals surface area contributed by atoms with Gasteiger partial charge in [-0.05, 0) is 25.3 Å². The number of thiophene rings is 1. The first-order valence-corrected chi connectivity index (χ1v) is 8.57. The van der Waals surface area contributed by atoms with Gasteiger partial charge in [-0.25, -0.2) is 4.79 Å². The fraction of sp³-hybridized carbons (Fsp3) is 0.562. The summed E-state index contributed by atoms with van der Waals surface area (Å²) in [6, 6.07) is 0. The molecule has 1 aromatic heterocycles. The number of rotatable bonds is 8. The zero-order valence-corrected chi connectivity index (χ0v) is 14.9. The van der Waals surface area contributed by atoms with Crippen LogP contribution in [0.3, 0.4) is 0 Å². The minimum Gasteiger partial charge on any atom is -0.465 e. The summed E-state index contributed by atoms with van der Waals surface area (Å²) in [4.78, 5) is 36.5. The monoisotopic (exact) mass is 340 g/mol. The van der Waals surface area contributed by atoms with Gasteiger partial charge in [0.05, 0.1) is 17.6 Å². The van der Waals surface area contributed by atoms with Crippen LogP contribution in [0.4, 0.5) is 5.00 Å². The molecule has 128 valence electrons. The Hall–Kier alpha value is -1.89. The van der Waals surface area contributed by atoms with Crippen molar-refractivity contribution in [2.75, 3.05) is 19.0 Å². The van der Waals surface area contributed by atoms with Crippen LogP contribution in [0.1, 0.15) is 65.1 Å². The van der Waals surface area contributed by atoms with E-state index in [0.29, 0.717) is 34.8 Å². The lowest BCUT2D eigenvalue weighted by Gasteiger charge is -2.05. The minimum atomic E-state index is -0.557. The number of ether oxygens (including phenoxy) is 1. The second-order valence-corrected chi connectivity index (χ2v) is 6.18. The summed E-state index contributed by atoms with van der Waals surface area (Å²) in [7, 11) is 1.28. The maximum Gasteiger partial charge on any atom is 0.341 e. The molecule has 0 aliphatic rings. The number of esters is 1. The molecule has 0 saturated heterocycles. The number of hydrogen-bond donors (Lipinski definition) is 2. The van der Waals surface area contributed by atoms with E-state index in [1.807, 2.05) is 13.8 Å². The Labute approximate surface area is 140 Å². The maximum atomic E-state index is 12.3. The molecule has 0 bridgehead atoms. The molecule has 0 aromatic carbocycles. The number of carbonyl (C=O) groups is 3. The molecule has 0 saturated carbocycles. The van der Waals surface area contributed by atoms with Gasteiger partial charge in [-0.15, -0.1) is 11.3 Å². The summed E-state index contributed by atoms with van der Waals surface area (Å²) in [5.74, 6) is -0.975. The van der Waals surface area contributed by atoms with Gasteiger partial charge in [0.25, 0.3) is 5.91 Å². The average molecular weight is 340 g/mol. The largest absolute Gasteiger partial charge is 0.465 e. The van der Waals surface area contributed by atoms with Crippen LogP contribution in [0.15, 0.2) is 0 Å². The number of unbranched alkanes of at least 4 members (excludes halogenated alkanes) is 1. The maximum absolute atomic E-state index is 12.3. The molecule has 2 N–H and O–H groups in total. The predicted molar refractivity (Wildman–Crippen MR) is 91.2 cm³/mol. The fourth-order valence-corrected chi connectivity index (χ4v) is 3.17. The van der Waals surface area contributed by atoms with Gasteiger partial charge < -0.3 is 15.4 Å². The third-order valence-electron chi connectivity index (χ3n) is 3.29. The highest BCUT2D eigenvalue weighted by atomic mass is 32.1. The second-order valence-electron chi connectivity index (χ2n) is 5.16. The van der Waals surface area contributed by atoms with Gasteiger partial charge in [0, 0.05) is 13.0 Å². The van der Waals surface area contributed by atoms with Gasteiger partial charge in [-0.1, -0.05) is 20.3 Å². The number of methoxy groups -OCH3 is 1. The Bertz CT molecular complexity index is 581. The van der Waals surface area contributed by atoms with Crippen molar-refractivity contribution >= 4 is 34.1 Å². The minimum absolute atomic E-state index is 0.183. The molecule has 1 aromatic rings. The average Bonchev–Trinajstić information content (AvgIpc) is 2.83. The lowest BCUT2D eigenvalue weighted by atomic mass is 10.1. The number of nitrogens with one attached hydrogen (secondary N) is 2. The third kappa shape index (κ3) is 5.06. The van der Waals surface area contributed by atoms with E-state index >= 15 is 0 Å². The molecule has 23 heavy (non-hydrogen) atoms. The zero-order valence-electron chi connectivity index (χ0n) is 14.1. The van der Waals surface area contributed by atoms with Gasteiger partial charge >= 0.3 is 5.97 Å². The van der Waals surface area contributed by atoms with Crippen LogP contribution in [0, 0.1) is 6.92 Å². The second kappa shape index (κ2) is 9.29. The van der Waals surface area contributed by atoms with E-state index in [9.17, 15) is 14.4 Å². The molecule has 0 aliphatic carbocycles.